The highest BCUT2D eigenvalue weighted by atomic mass is 14.9. The molecule has 0 bridgehead atoms. The molecule has 2 aromatic rings. The Kier molecular flexibility index (Phi) is 4.52. The lowest BCUT2D eigenvalue weighted by molar-refractivity contribution is 0.686. The van der Waals surface area contributed by atoms with E-state index in [1.54, 1.807) is 0 Å². The first-order chi connectivity index (χ1) is 11.1. The SMILES string of the molecule is Cc1ccc(NC2=CCC(C)C(Nc3ccc(C)cc3)=C2)cc1. The van der Waals surface area contributed by atoms with Gasteiger partial charge >= 0.3 is 0 Å². The number of rotatable bonds is 4. The first kappa shape index (κ1) is 15.4. The molecular weight excluding hydrogens is 280 g/mol. The van der Waals surface area contributed by atoms with Crippen LogP contribution in [-0.2, 0) is 0 Å². The Morgan fingerprint density at radius 1 is 0.783 bits per heavy atom. The van der Waals surface area contributed by atoms with Crippen LogP contribution >= 0.6 is 0 Å². The molecule has 2 aromatic carbocycles. The van der Waals surface area contributed by atoms with Crippen molar-refractivity contribution in [3.05, 3.63) is 83.2 Å². The molecule has 118 valence electrons. The Labute approximate surface area is 138 Å². The fourth-order valence-corrected chi connectivity index (χ4v) is 2.65. The van der Waals surface area contributed by atoms with Crippen molar-refractivity contribution in [3.63, 3.8) is 0 Å². The molecule has 23 heavy (non-hydrogen) atoms. The molecule has 2 heteroatoms. The minimum absolute atomic E-state index is 0.500. The van der Waals surface area contributed by atoms with Crippen molar-refractivity contribution in [1.29, 1.82) is 0 Å². The van der Waals surface area contributed by atoms with Gasteiger partial charge in [0.25, 0.3) is 0 Å². The van der Waals surface area contributed by atoms with E-state index >= 15 is 0 Å². The lowest BCUT2D eigenvalue weighted by Crippen LogP contribution is -2.14. The molecule has 1 aliphatic rings. The van der Waals surface area contributed by atoms with Gasteiger partial charge in [0.2, 0.25) is 0 Å². The monoisotopic (exact) mass is 304 g/mol. The summed E-state index contributed by atoms with van der Waals surface area (Å²) in [4.78, 5) is 0. The number of anilines is 2. The minimum atomic E-state index is 0.500. The summed E-state index contributed by atoms with van der Waals surface area (Å²) >= 11 is 0. The van der Waals surface area contributed by atoms with Gasteiger partial charge in [0.05, 0.1) is 0 Å². The Morgan fingerprint density at radius 2 is 1.30 bits per heavy atom. The van der Waals surface area contributed by atoms with Crippen molar-refractivity contribution in [2.24, 2.45) is 5.92 Å². The summed E-state index contributed by atoms with van der Waals surface area (Å²) in [5.74, 6) is 0.500. The first-order valence-electron chi connectivity index (χ1n) is 8.19. The quantitative estimate of drug-likeness (QED) is 0.764. The third kappa shape index (κ3) is 4.04. The molecule has 0 saturated carbocycles. The number of allylic oxidation sites excluding steroid dienone is 3. The van der Waals surface area contributed by atoms with Crippen molar-refractivity contribution in [3.8, 4) is 0 Å². The first-order valence-corrected chi connectivity index (χ1v) is 8.19. The molecule has 0 aliphatic heterocycles. The van der Waals surface area contributed by atoms with Crippen LogP contribution in [0, 0.1) is 19.8 Å². The zero-order valence-electron chi connectivity index (χ0n) is 14.1. The second-order valence-electron chi connectivity index (χ2n) is 6.38. The molecular formula is C21H24N2. The maximum atomic E-state index is 3.56. The van der Waals surface area contributed by atoms with Gasteiger partial charge in [-0.05, 0) is 56.5 Å². The summed E-state index contributed by atoms with van der Waals surface area (Å²) in [5.41, 5.74) is 7.24. The Hall–Kier alpha value is -2.48. The Balaban J connectivity index is 1.74. The summed E-state index contributed by atoms with van der Waals surface area (Å²) in [6.45, 7) is 6.47. The van der Waals surface area contributed by atoms with Gasteiger partial charge in [-0.15, -0.1) is 0 Å². The molecule has 0 spiro atoms. The normalized spacial score (nSPS) is 17.3. The average Bonchev–Trinajstić information content (AvgIpc) is 2.55. The molecule has 0 radical (unpaired) electrons. The molecule has 0 heterocycles. The second-order valence-corrected chi connectivity index (χ2v) is 6.38. The molecule has 1 unspecified atom stereocenters. The summed E-state index contributed by atoms with van der Waals surface area (Å²) in [7, 11) is 0. The predicted molar refractivity (Wildman–Crippen MR) is 99.6 cm³/mol. The summed E-state index contributed by atoms with van der Waals surface area (Å²) in [5, 5.41) is 7.06. The van der Waals surface area contributed by atoms with E-state index in [0.717, 1.165) is 23.5 Å². The molecule has 0 aromatic heterocycles. The third-order valence-electron chi connectivity index (χ3n) is 4.21. The van der Waals surface area contributed by atoms with Crippen molar-refractivity contribution in [1.82, 2.24) is 0 Å². The number of nitrogens with one attached hydrogen (secondary N) is 2. The van der Waals surface area contributed by atoms with Crippen molar-refractivity contribution >= 4 is 11.4 Å². The fraction of sp³-hybridized carbons (Fsp3) is 0.238. The summed E-state index contributed by atoms with van der Waals surface area (Å²) in [6, 6.07) is 17.0. The van der Waals surface area contributed by atoms with Gasteiger partial charge in [0.15, 0.2) is 0 Å². The van der Waals surface area contributed by atoms with Crippen LogP contribution in [0.2, 0.25) is 0 Å². The highest BCUT2D eigenvalue weighted by Gasteiger charge is 2.14. The minimum Gasteiger partial charge on any atom is -0.359 e. The number of hydrogen-bond acceptors (Lipinski definition) is 2. The second kappa shape index (κ2) is 6.74. The van der Waals surface area contributed by atoms with Gasteiger partial charge in [-0.3, -0.25) is 0 Å². The molecule has 2 N–H and O–H groups in total. The van der Waals surface area contributed by atoms with E-state index in [4.69, 9.17) is 0 Å². The smallest absolute Gasteiger partial charge is 0.0384 e. The van der Waals surface area contributed by atoms with E-state index in [2.05, 4.69) is 92.1 Å². The standard InChI is InChI=1S/C21H24N2/c1-15-4-9-18(10-5-15)22-20-13-8-17(3)21(14-20)23-19-11-6-16(2)7-12-19/h4-7,9-14,17,22-23H,8H2,1-3H3. The van der Waals surface area contributed by atoms with Crippen molar-refractivity contribution in [2.75, 3.05) is 10.6 Å². The largest absolute Gasteiger partial charge is 0.359 e. The summed E-state index contributed by atoms with van der Waals surface area (Å²) in [6.07, 6.45) is 5.53. The van der Waals surface area contributed by atoms with Crippen LogP contribution in [0.3, 0.4) is 0 Å². The van der Waals surface area contributed by atoms with Gasteiger partial charge < -0.3 is 10.6 Å². The Bertz CT molecular complexity index is 721. The van der Waals surface area contributed by atoms with Crippen LogP contribution in [0.25, 0.3) is 0 Å². The molecule has 0 fully saturated rings. The number of aryl methyl sites for hydroxylation is 2. The van der Waals surface area contributed by atoms with Crippen LogP contribution in [-0.4, -0.2) is 0 Å². The number of benzene rings is 2. The van der Waals surface area contributed by atoms with E-state index in [1.165, 1.54) is 16.8 Å². The maximum Gasteiger partial charge on any atom is 0.0384 e. The molecule has 1 aliphatic carbocycles. The van der Waals surface area contributed by atoms with E-state index in [1.807, 2.05) is 0 Å². The van der Waals surface area contributed by atoms with Crippen molar-refractivity contribution in [2.45, 2.75) is 27.2 Å². The van der Waals surface area contributed by atoms with Gasteiger partial charge in [0.1, 0.15) is 0 Å². The van der Waals surface area contributed by atoms with Crippen LogP contribution in [0.15, 0.2) is 72.1 Å². The van der Waals surface area contributed by atoms with E-state index in [9.17, 15) is 0 Å². The van der Waals surface area contributed by atoms with Crippen molar-refractivity contribution < 1.29 is 0 Å². The maximum absolute atomic E-state index is 3.56. The van der Waals surface area contributed by atoms with Gasteiger partial charge in [-0.1, -0.05) is 48.4 Å². The van der Waals surface area contributed by atoms with E-state index in [0.29, 0.717) is 5.92 Å². The van der Waals surface area contributed by atoms with E-state index in [-0.39, 0.29) is 0 Å². The van der Waals surface area contributed by atoms with Gasteiger partial charge in [0, 0.05) is 22.8 Å². The lowest BCUT2D eigenvalue weighted by atomic mass is 9.97. The van der Waals surface area contributed by atoms with Gasteiger partial charge in [-0.25, -0.2) is 0 Å². The fourth-order valence-electron chi connectivity index (χ4n) is 2.65. The molecule has 0 amide bonds. The highest BCUT2D eigenvalue weighted by molar-refractivity contribution is 5.56. The van der Waals surface area contributed by atoms with Crippen LogP contribution in [0.1, 0.15) is 24.5 Å². The average molecular weight is 304 g/mol. The molecule has 2 nitrogen and oxygen atoms in total. The van der Waals surface area contributed by atoms with Crippen LogP contribution < -0.4 is 10.6 Å². The number of hydrogen-bond donors (Lipinski definition) is 2. The topological polar surface area (TPSA) is 24.1 Å². The van der Waals surface area contributed by atoms with Gasteiger partial charge in [-0.2, -0.15) is 0 Å². The summed E-state index contributed by atoms with van der Waals surface area (Å²) < 4.78 is 0. The van der Waals surface area contributed by atoms with Crippen LogP contribution in [0.5, 0.6) is 0 Å². The highest BCUT2D eigenvalue weighted by Crippen LogP contribution is 2.26. The predicted octanol–water partition coefficient (Wildman–Crippen LogP) is 5.64. The Morgan fingerprint density at radius 3 is 1.87 bits per heavy atom. The lowest BCUT2D eigenvalue weighted by Gasteiger charge is -2.23. The zero-order valence-corrected chi connectivity index (χ0v) is 14.1. The third-order valence-corrected chi connectivity index (χ3v) is 4.21. The molecule has 3 rings (SSSR count). The van der Waals surface area contributed by atoms with E-state index < -0.39 is 0 Å². The molecule has 1 atom stereocenters. The van der Waals surface area contributed by atoms with Crippen LogP contribution in [0.4, 0.5) is 11.4 Å². The molecule has 0 saturated heterocycles. The zero-order chi connectivity index (χ0) is 16.2.